The second-order valence-corrected chi connectivity index (χ2v) is 8.07. The first-order chi connectivity index (χ1) is 14.7. The zero-order valence-electron chi connectivity index (χ0n) is 16.8. The zero-order valence-corrected chi connectivity index (χ0v) is 17.5. The van der Waals surface area contributed by atoms with Crippen LogP contribution in [0.25, 0.3) is 0 Å². The number of aromatic nitrogens is 4. The highest BCUT2D eigenvalue weighted by Crippen LogP contribution is 2.46. The van der Waals surface area contributed by atoms with Crippen LogP contribution in [0.2, 0.25) is 5.02 Å². The summed E-state index contributed by atoms with van der Waals surface area (Å²) in [4.78, 5) is 12.3. The molecule has 0 unspecified atom stereocenters. The minimum absolute atomic E-state index is 0.0187. The van der Waals surface area contributed by atoms with Crippen LogP contribution in [0.5, 0.6) is 0 Å². The number of halogens is 4. The number of amides is 1. The third-order valence-corrected chi connectivity index (χ3v) is 5.60. The van der Waals surface area contributed by atoms with E-state index >= 15 is 0 Å². The van der Waals surface area contributed by atoms with Gasteiger partial charge >= 0.3 is 6.18 Å². The highest BCUT2D eigenvalue weighted by atomic mass is 35.5. The zero-order chi connectivity index (χ0) is 22.2. The van der Waals surface area contributed by atoms with Gasteiger partial charge in [0.05, 0.1) is 35.7 Å². The van der Waals surface area contributed by atoms with E-state index in [-0.39, 0.29) is 29.8 Å². The van der Waals surface area contributed by atoms with Crippen molar-refractivity contribution in [2.45, 2.75) is 51.4 Å². The summed E-state index contributed by atoms with van der Waals surface area (Å²) in [5.74, 6) is -0.365. The van der Waals surface area contributed by atoms with Gasteiger partial charge in [0.25, 0.3) is 0 Å². The molecule has 2 heterocycles. The fourth-order valence-corrected chi connectivity index (χ4v) is 3.86. The lowest BCUT2D eigenvalue weighted by Crippen LogP contribution is -2.16. The second-order valence-electron chi connectivity index (χ2n) is 7.69. The van der Waals surface area contributed by atoms with Crippen LogP contribution in [0, 0.1) is 6.92 Å². The lowest BCUT2D eigenvalue weighted by molar-refractivity contribution is -0.141. The lowest BCUT2D eigenvalue weighted by atomic mass is 10.1. The largest absolute Gasteiger partial charge is 0.436 e. The van der Waals surface area contributed by atoms with Crippen molar-refractivity contribution in [1.82, 2.24) is 19.6 Å². The molecule has 0 spiro atoms. The van der Waals surface area contributed by atoms with Crippen LogP contribution in [0.15, 0.2) is 36.7 Å². The van der Waals surface area contributed by atoms with Gasteiger partial charge in [0.2, 0.25) is 5.91 Å². The highest BCUT2D eigenvalue weighted by Gasteiger charge is 2.42. The van der Waals surface area contributed by atoms with Gasteiger partial charge in [-0.1, -0.05) is 35.9 Å². The fraction of sp³-hybridized carbons (Fsp3) is 0.381. The number of nitrogens with one attached hydrogen (secondary N) is 1. The first kappa shape index (κ1) is 21.4. The quantitative estimate of drug-likeness (QED) is 0.549. The first-order valence-corrected chi connectivity index (χ1v) is 10.3. The van der Waals surface area contributed by atoms with E-state index < -0.39 is 11.9 Å². The van der Waals surface area contributed by atoms with Crippen molar-refractivity contribution in [1.29, 1.82) is 0 Å². The molecule has 1 aromatic carbocycles. The van der Waals surface area contributed by atoms with E-state index in [0.29, 0.717) is 17.9 Å². The molecule has 0 bridgehead atoms. The summed E-state index contributed by atoms with van der Waals surface area (Å²) in [6.07, 6.45) is 0.146. The number of benzene rings is 1. The summed E-state index contributed by atoms with van der Waals surface area (Å²) in [5.41, 5.74) is 2.07. The molecule has 164 valence electrons. The molecule has 4 rings (SSSR count). The molecule has 1 fully saturated rings. The van der Waals surface area contributed by atoms with E-state index in [0.717, 1.165) is 24.0 Å². The van der Waals surface area contributed by atoms with Crippen LogP contribution in [0.3, 0.4) is 0 Å². The van der Waals surface area contributed by atoms with Gasteiger partial charge in [-0.05, 0) is 30.9 Å². The molecule has 0 saturated heterocycles. The van der Waals surface area contributed by atoms with E-state index in [1.165, 1.54) is 4.68 Å². The van der Waals surface area contributed by atoms with Gasteiger partial charge in [-0.25, -0.2) is 0 Å². The Hall–Kier alpha value is -2.81. The summed E-state index contributed by atoms with van der Waals surface area (Å²) < 4.78 is 42.4. The topological polar surface area (TPSA) is 64.7 Å². The Bertz CT molecular complexity index is 1100. The number of nitrogens with zero attached hydrogens (tertiary/aromatic N) is 4. The van der Waals surface area contributed by atoms with E-state index in [2.05, 4.69) is 15.5 Å². The van der Waals surface area contributed by atoms with Crippen molar-refractivity contribution in [3.05, 3.63) is 64.2 Å². The number of alkyl halides is 3. The van der Waals surface area contributed by atoms with Crippen LogP contribution in [0.1, 0.15) is 47.7 Å². The third-order valence-electron chi connectivity index (χ3n) is 5.23. The van der Waals surface area contributed by atoms with Gasteiger partial charge in [-0.3, -0.25) is 14.2 Å². The molecule has 1 amide bonds. The molecule has 1 saturated carbocycles. The Labute approximate surface area is 182 Å². The van der Waals surface area contributed by atoms with Crippen molar-refractivity contribution < 1.29 is 18.0 Å². The predicted octanol–water partition coefficient (Wildman–Crippen LogP) is 5.01. The third kappa shape index (κ3) is 4.92. The molecular formula is C21H21ClF3N5O. The number of hydrogen-bond donors (Lipinski definition) is 1. The molecule has 0 radical (unpaired) electrons. The second kappa shape index (κ2) is 8.37. The predicted molar refractivity (Wildman–Crippen MR) is 110 cm³/mol. The van der Waals surface area contributed by atoms with E-state index in [1.54, 1.807) is 17.1 Å². The Kier molecular flexibility index (Phi) is 5.79. The highest BCUT2D eigenvalue weighted by molar-refractivity contribution is 6.32. The Balaban J connectivity index is 1.38. The maximum Gasteiger partial charge on any atom is 0.436 e. The van der Waals surface area contributed by atoms with Crippen molar-refractivity contribution in [2.75, 3.05) is 5.32 Å². The number of aryl methyl sites for hydroxylation is 2. The molecular weight excluding hydrogens is 431 g/mol. The van der Waals surface area contributed by atoms with Crippen molar-refractivity contribution in [3.63, 3.8) is 0 Å². The summed E-state index contributed by atoms with van der Waals surface area (Å²) in [6.45, 7) is 2.60. The first-order valence-electron chi connectivity index (χ1n) is 9.92. The van der Waals surface area contributed by atoms with Gasteiger partial charge in [0.15, 0.2) is 5.69 Å². The smallest absolute Gasteiger partial charge is 0.323 e. The Morgan fingerprint density at radius 3 is 2.71 bits per heavy atom. The van der Waals surface area contributed by atoms with Crippen LogP contribution >= 0.6 is 11.6 Å². The average Bonchev–Trinajstić information content (AvgIpc) is 3.34. The maximum absolute atomic E-state index is 13.1. The Morgan fingerprint density at radius 2 is 2.03 bits per heavy atom. The molecule has 1 N–H and O–H groups in total. The molecule has 1 aliphatic carbocycles. The van der Waals surface area contributed by atoms with Crippen LogP contribution < -0.4 is 5.32 Å². The summed E-state index contributed by atoms with van der Waals surface area (Å²) >= 11 is 5.96. The van der Waals surface area contributed by atoms with E-state index in [1.807, 2.05) is 31.2 Å². The molecule has 6 nitrogen and oxygen atoms in total. The van der Waals surface area contributed by atoms with E-state index in [9.17, 15) is 18.0 Å². The molecule has 1 aliphatic rings. The van der Waals surface area contributed by atoms with E-state index in [4.69, 9.17) is 11.6 Å². The van der Waals surface area contributed by atoms with Crippen LogP contribution in [-0.2, 0) is 24.1 Å². The number of rotatable bonds is 7. The number of carbonyl (C=O) groups excluding carboxylic acids is 1. The average molecular weight is 452 g/mol. The summed E-state index contributed by atoms with van der Waals surface area (Å²) in [5, 5.41) is 10.3. The molecule has 0 atom stereocenters. The monoisotopic (exact) mass is 451 g/mol. The molecule has 2 aromatic heterocycles. The molecule has 10 heteroatoms. The summed E-state index contributed by atoms with van der Waals surface area (Å²) in [7, 11) is 0. The normalized spacial score (nSPS) is 14.1. The minimum Gasteiger partial charge on any atom is -0.323 e. The maximum atomic E-state index is 13.1. The number of carbonyl (C=O) groups is 1. The standard InChI is InChI=1S/C21H21ClF3N5O/c1-13-4-2-3-5-15(13)11-29-12-16(10-26-29)27-17(31)8-9-30-19(14-6-7-14)18(22)20(28-30)21(23,24)25/h2-5,10,12,14H,6-9,11H2,1H3,(H,27,31). The molecule has 31 heavy (non-hydrogen) atoms. The van der Waals surface area contributed by atoms with Gasteiger partial charge in [-0.2, -0.15) is 23.4 Å². The van der Waals surface area contributed by atoms with Crippen LogP contribution in [0.4, 0.5) is 18.9 Å². The number of hydrogen-bond acceptors (Lipinski definition) is 3. The SMILES string of the molecule is Cc1ccccc1Cn1cc(NC(=O)CCn2nc(C(F)(F)F)c(Cl)c2C2CC2)cn1. The summed E-state index contributed by atoms with van der Waals surface area (Å²) in [6, 6.07) is 7.95. The molecule has 3 aromatic rings. The Morgan fingerprint density at radius 1 is 1.29 bits per heavy atom. The molecule has 0 aliphatic heterocycles. The van der Waals surface area contributed by atoms with Crippen molar-refractivity contribution in [3.8, 4) is 0 Å². The van der Waals surface area contributed by atoms with Gasteiger partial charge < -0.3 is 5.32 Å². The van der Waals surface area contributed by atoms with Gasteiger partial charge in [0.1, 0.15) is 0 Å². The number of anilines is 1. The van der Waals surface area contributed by atoms with Gasteiger partial charge in [-0.15, -0.1) is 0 Å². The van der Waals surface area contributed by atoms with Crippen molar-refractivity contribution >= 4 is 23.2 Å². The minimum atomic E-state index is -4.63. The van der Waals surface area contributed by atoms with Gasteiger partial charge in [0, 0.05) is 18.5 Å². The fourth-order valence-electron chi connectivity index (χ4n) is 3.46. The lowest BCUT2D eigenvalue weighted by Gasteiger charge is -2.07. The van der Waals surface area contributed by atoms with Crippen LogP contribution in [-0.4, -0.2) is 25.5 Å². The van der Waals surface area contributed by atoms with Crippen molar-refractivity contribution in [2.24, 2.45) is 0 Å².